The van der Waals surface area contributed by atoms with Crippen LogP contribution in [0, 0.1) is 6.92 Å². The van der Waals surface area contributed by atoms with E-state index in [0.717, 1.165) is 17.6 Å². The number of rotatable bonds is 2. The predicted octanol–water partition coefficient (Wildman–Crippen LogP) is 2.04. The van der Waals surface area contributed by atoms with E-state index in [1.165, 1.54) is 32.4 Å². The fraction of sp³-hybridized carbons (Fsp3) is 0.615. The molecule has 2 atom stereocenters. The van der Waals surface area contributed by atoms with Crippen molar-refractivity contribution in [2.75, 3.05) is 18.4 Å². The number of fused-ring (bicyclic) bond motifs is 1. The minimum Gasteiger partial charge on any atom is -0.366 e. The van der Waals surface area contributed by atoms with Crippen LogP contribution in [-0.2, 0) is 0 Å². The van der Waals surface area contributed by atoms with Gasteiger partial charge in [0.1, 0.15) is 5.82 Å². The summed E-state index contributed by atoms with van der Waals surface area (Å²) in [4.78, 5) is 7.14. The fourth-order valence-electron chi connectivity index (χ4n) is 3.06. The molecule has 1 aromatic heterocycles. The second kappa shape index (κ2) is 4.06. The van der Waals surface area contributed by atoms with Crippen molar-refractivity contribution in [2.45, 2.75) is 38.3 Å². The lowest BCUT2D eigenvalue weighted by molar-refractivity contribution is 0.318. The minimum absolute atomic E-state index is 0.608. The van der Waals surface area contributed by atoms with E-state index < -0.39 is 0 Å². The van der Waals surface area contributed by atoms with E-state index in [0.29, 0.717) is 6.04 Å². The summed E-state index contributed by atoms with van der Waals surface area (Å²) in [6, 6.07) is 7.55. The predicted molar refractivity (Wildman–Crippen MR) is 65.6 cm³/mol. The summed E-state index contributed by atoms with van der Waals surface area (Å²) >= 11 is 0. The number of aryl methyl sites for hydroxylation is 1. The van der Waals surface area contributed by atoms with E-state index in [1.807, 2.05) is 13.0 Å². The van der Waals surface area contributed by atoms with Gasteiger partial charge in [0.2, 0.25) is 0 Å². The molecule has 2 aliphatic rings. The van der Waals surface area contributed by atoms with E-state index in [9.17, 15) is 0 Å². The minimum atomic E-state index is 0.608. The van der Waals surface area contributed by atoms with Gasteiger partial charge < -0.3 is 5.32 Å². The topological polar surface area (TPSA) is 28.2 Å². The Kier molecular flexibility index (Phi) is 2.56. The zero-order chi connectivity index (χ0) is 11.0. The zero-order valence-electron chi connectivity index (χ0n) is 9.82. The summed E-state index contributed by atoms with van der Waals surface area (Å²) in [6.45, 7) is 4.60. The molecule has 2 unspecified atom stereocenters. The maximum atomic E-state index is 4.52. The van der Waals surface area contributed by atoms with E-state index in [2.05, 4.69) is 27.3 Å². The highest BCUT2D eigenvalue weighted by Crippen LogP contribution is 2.29. The third-order valence-electron chi connectivity index (χ3n) is 3.83. The number of hydrogen-bond acceptors (Lipinski definition) is 3. The molecule has 0 aliphatic carbocycles. The van der Waals surface area contributed by atoms with Gasteiger partial charge in [-0.3, -0.25) is 4.90 Å². The molecule has 0 spiro atoms. The van der Waals surface area contributed by atoms with Gasteiger partial charge in [-0.1, -0.05) is 6.07 Å². The molecule has 0 saturated carbocycles. The maximum absolute atomic E-state index is 4.52. The molecule has 1 aromatic rings. The van der Waals surface area contributed by atoms with Crippen molar-refractivity contribution in [3.63, 3.8) is 0 Å². The molecule has 1 N–H and O–H groups in total. The van der Waals surface area contributed by atoms with Gasteiger partial charge in [0, 0.05) is 24.3 Å². The largest absolute Gasteiger partial charge is 0.366 e. The van der Waals surface area contributed by atoms with Crippen molar-refractivity contribution >= 4 is 5.82 Å². The first-order chi connectivity index (χ1) is 7.83. The molecule has 0 radical (unpaired) electrons. The van der Waals surface area contributed by atoms with Crippen LogP contribution in [0.25, 0.3) is 0 Å². The molecule has 0 aromatic carbocycles. The van der Waals surface area contributed by atoms with Gasteiger partial charge in [-0.2, -0.15) is 0 Å². The first-order valence-corrected chi connectivity index (χ1v) is 6.27. The van der Waals surface area contributed by atoms with Crippen molar-refractivity contribution in [3.8, 4) is 0 Å². The highest BCUT2D eigenvalue weighted by Gasteiger charge is 2.37. The van der Waals surface area contributed by atoms with Crippen LogP contribution >= 0.6 is 0 Å². The van der Waals surface area contributed by atoms with Gasteiger partial charge >= 0.3 is 0 Å². The Morgan fingerprint density at radius 3 is 3.12 bits per heavy atom. The van der Waals surface area contributed by atoms with Crippen LogP contribution < -0.4 is 5.32 Å². The smallest absolute Gasteiger partial charge is 0.126 e. The lowest BCUT2D eigenvalue weighted by Crippen LogP contribution is -2.34. The van der Waals surface area contributed by atoms with E-state index in [-0.39, 0.29) is 0 Å². The van der Waals surface area contributed by atoms with Crippen LogP contribution in [0.4, 0.5) is 5.82 Å². The van der Waals surface area contributed by atoms with Crippen LogP contribution in [0.1, 0.15) is 25.0 Å². The molecule has 0 bridgehead atoms. The molecular weight excluding hydrogens is 198 g/mol. The maximum Gasteiger partial charge on any atom is 0.126 e. The fourth-order valence-corrected chi connectivity index (χ4v) is 3.06. The number of aromatic nitrogens is 1. The van der Waals surface area contributed by atoms with Gasteiger partial charge in [0.15, 0.2) is 0 Å². The Bertz CT molecular complexity index is 377. The highest BCUT2D eigenvalue weighted by molar-refractivity contribution is 5.37. The molecule has 16 heavy (non-hydrogen) atoms. The third-order valence-corrected chi connectivity index (χ3v) is 3.83. The summed E-state index contributed by atoms with van der Waals surface area (Å²) < 4.78 is 0. The molecule has 3 heteroatoms. The second-order valence-corrected chi connectivity index (χ2v) is 4.95. The quantitative estimate of drug-likeness (QED) is 0.821. The average Bonchev–Trinajstić information content (AvgIpc) is 2.83. The van der Waals surface area contributed by atoms with Crippen LogP contribution in [0.15, 0.2) is 18.2 Å². The second-order valence-electron chi connectivity index (χ2n) is 4.95. The van der Waals surface area contributed by atoms with Crippen LogP contribution in [0.3, 0.4) is 0 Å². The third kappa shape index (κ3) is 1.80. The number of anilines is 1. The van der Waals surface area contributed by atoms with Crippen molar-refractivity contribution < 1.29 is 0 Å². The van der Waals surface area contributed by atoms with Gasteiger partial charge in [0.25, 0.3) is 0 Å². The highest BCUT2D eigenvalue weighted by atomic mass is 15.2. The number of nitrogens with one attached hydrogen (secondary N) is 1. The van der Waals surface area contributed by atoms with Gasteiger partial charge in [-0.05, 0) is 44.9 Å². The van der Waals surface area contributed by atoms with Crippen molar-refractivity contribution in [1.29, 1.82) is 0 Å². The Labute approximate surface area is 96.9 Å². The normalized spacial score (nSPS) is 29.3. The SMILES string of the molecule is Cc1cccc(NC2CCN3CCCC23)n1. The van der Waals surface area contributed by atoms with Crippen LogP contribution in [0.5, 0.6) is 0 Å². The molecule has 3 rings (SSSR count). The summed E-state index contributed by atoms with van der Waals surface area (Å²) in [5, 5.41) is 3.60. The average molecular weight is 217 g/mol. The lowest BCUT2D eigenvalue weighted by atomic mass is 10.1. The van der Waals surface area contributed by atoms with E-state index >= 15 is 0 Å². The van der Waals surface area contributed by atoms with Gasteiger partial charge in [-0.25, -0.2) is 4.98 Å². The van der Waals surface area contributed by atoms with E-state index in [4.69, 9.17) is 0 Å². The summed E-state index contributed by atoms with van der Waals surface area (Å²) in [5.41, 5.74) is 1.09. The Hall–Kier alpha value is -1.09. The number of pyridine rings is 1. The molecule has 0 amide bonds. The van der Waals surface area contributed by atoms with Crippen LogP contribution in [-0.4, -0.2) is 35.1 Å². The number of hydrogen-bond donors (Lipinski definition) is 1. The van der Waals surface area contributed by atoms with Gasteiger partial charge in [-0.15, -0.1) is 0 Å². The lowest BCUT2D eigenvalue weighted by Gasteiger charge is -2.21. The first-order valence-electron chi connectivity index (χ1n) is 6.27. The number of nitrogens with zero attached hydrogens (tertiary/aromatic N) is 2. The molecule has 2 saturated heterocycles. The Balaban J connectivity index is 1.71. The van der Waals surface area contributed by atoms with Gasteiger partial charge in [0.05, 0.1) is 0 Å². The molecule has 2 fully saturated rings. The monoisotopic (exact) mass is 217 g/mol. The Morgan fingerprint density at radius 2 is 2.25 bits per heavy atom. The summed E-state index contributed by atoms with van der Waals surface area (Å²) in [6.07, 6.45) is 3.98. The van der Waals surface area contributed by atoms with Crippen molar-refractivity contribution in [2.24, 2.45) is 0 Å². The summed E-state index contributed by atoms with van der Waals surface area (Å²) in [5.74, 6) is 1.04. The molecule has 2 aliphatic heterocycles. The molecule has 86 valence electrons. The Morgan fingerprint density at radius 1 is 1.31 bits per heavy atom. The van der Waals surface area contributed by atoms with Crippen LogP contribution in [0.2, 0.25) is 0 Å². The molecule has 3 heterocycles. The van der Waals surface area contributed by atoms with Crippen molar-refractivity contribution in [1.82, 2.24) is 9.88 Å². The standard InChI is InChI=1S/C13H19N3/c1-10-4-2-6-13(14-10)15-11-7-9-16-8-3-5-12(11)16/h2,4,6,11-12H,3,5,7-9H2,1H3,(H,14,15). The zero-order valence-corrected chi connectivity index (χ0v) is 9.82. The molecule has 3 nitrogen and oxygen atoms in total. The summed E-state index contributed by atoms with van der Waals surface area (Å²) in [7, 11) is 0. The van der Waals surface area contributed by atoms with E-state index in [1.54, 1.807) is 0 Å². The first kappa shape index (κ1) is 10.1. The molecular formula is C13H19N3. The van der Waals surface area contributed by atoms with Crippen molar-refractivity contribution in [3.05, 3.63) is 23.9 Å².